The smallest absolute Gasteiger partial charge is 0.171 e. The molecule has 0 aliphatic carbocycles. The maximum Gasteiger partial charge on any atom is 0.171 e. The van der Waals surface area contributed by atoms with Crippen LogP contribution in [0.3, 0.4) is 0 Å². The number of methoxy groups -OCH3 is 1. The molecule has 0 radical (unpaired) electrons. The predicted octanol–water partition coefficient (Wildman–Crippen LogP) is 2.24. The van der Waals surface area contributed by atoms with Gasteiger partial charge < -0.3 is 15.0 Å². The summed E-state index contributed by atoms with van der Waals surface area (Å²) >= 11 is 5.93. The van der Waals surface area contributed by atoms with Gasteiger partial charge in [0.15, 0.2) is 10.9 Å². The fourth-order valence-electron chi connectivity index (χ4n) is 2.80. The third-order valence-electron chi connectivity index (χ3n) is 3.77. The number of fused-ring (bicyclic) bond motifs is 1. The Morgan fingerprint density at radius 3 is 2.53 bits per heavy atom. The molecular weight excluding hydrogens is 309 g/mol. The van der Waals surface area contributed by atoms with E-state index in [0.717, 1.165) is 43.7 Å². The second-order valence-electron chi connectivity index (χ2n) is 4.77. The zero-order valence-corrected chi connectivity index (χ0v) is 13.0. The fourth-order valence-corrected chi connectivity index (χ4v) is 2.98. The number of hydrogen-bond donors (Lipinski definition) is 1. The minimum Gasteiger partial charge on any atom is -0.493 e. The first kappa shape index (κ1) is 16.6. The van der Waals surface area contributed by atoms with Gasteiger partial charge >= 0.3 is 0 Å². The van der Waals surface area contributed by atoms with Gasteiger partial charge in [-0.1, -0.05) is 11.6 Å². The second-order valence-corrected chi connectivity index (χ2v) is 5.13. The van der Waals surface area contributed by atoms with E-state index in [2.05, 4.69) is 15.2 Å². The fraction of sp³-hybridized carbons (Fsp3) is 0.583. The van der Waals surface area contributed by atoms with Gasteiger partial charge in [-0.3, -0.25) is 0 Å². The molecule has 3 heterocycles. The average molecular weight is 327 g/mol. The van der Waals surface area contributed by atoms with Crippen molar-refractivity contribution in [2.24, 2.45) is 11.8 Å². The Balaban J connectivity index is 0.000000902. The number of anilines is 1. The van der Waals surface area contributed by atoms with Crippen molar-refractivity contribution >= 4 is 42.1 Å². The van der Waals surface area contributed by atoms with Crippen LogP contribution in [-0.2, 0) is 0 Å². The second kappa shape index (κ2) is 6.84. The van der Waals surface area contributed by atoms with E-state index in [1.165, 1.54) is 0 Å². The maximum absolute atomic E-state index is 5.93. The molecule has 4 nitrogen and oxygen atoms in total. The van der Waals surface area contributed by atoms with E-state index >= 15 is 0 Å². The number of aromatic nitrogens is 1. The lowest BCUT2D eigenvalue weighted by Crippen LogP contribution is -2.25. The lowest BCUT2D eigenvalue weighted by molar-refractivity contribution is 0.413. The summed E-state index contributed by atoms with van der Waals surface area (Å²) in [6, 6.07) is 1.98. The number of pyridine rings is 1. The van der Waals surface area contributed by atoms with Crippen LogP contribution in [0.1, 0.15) is 0 Å². The van der Waals surface area contributed by atoms with Crippen LogP contribution < -0.4 is 15.0 Å². The summed E-state index contributed by atoms with van der Waals surface area (Å²) in [5, 5.41) is 3.87. The molecule has 108 valence electrons. The third-order valence-corrected chi connectivity index (χ3v) is 4.05. The molecule has 0 unspecified atom stereocenters. The molecule has 0 saturated carbocycles. The molecule has 2 aliphatic heterocycles. The number of hydrogen-bond acceptors (Lipinski definition) is 4. The number of halogens is 3. The molecule has 1 aromatic rings. The first-order valence-electron chi connectivity index (χ1n) is 5.93. The van der Waals surface area contributed by atoms with E-state index < -0.39 is 0 Å². The van der Waals surface area contributed by atoms with Crippen molar-refractivity contribution in [2.45, 2.75) is 0 Å². The Bertz CT molecular complexity index is 421. The molecule has 0 bridgehead atoms. The Labute approximate surface area is 130 Å². The van der Waals surface area contributed by atoms with E-state index in [9.17, 15) is 0 Å². The van der Waals surface area contributed by atoms with Gasteiger partial charge in [-0.2, -0.15) is 0 Å². The minimum absolute atomic E-state index is 0. The summed E-state index contributed by atoms with van der Waals surface area (Å²) in [7, 11) is 1.62. The van der Waals surface area contributed by atoms with Gasteiger partial charge in [-0.15, -0.1) is 24.8 Å². The SMILES string of the molecule is COc1cc(N2C[C@H]3CNC[C@H]3C2)cnc1Cl.Cl.Cl. The molecule has 2 fully saturated rings. The van der Waals surface area contributed by atoms with Gasteiger partial charge in [-0.25, -0.2) is 4.98 Å². The largest absolute Gasteiger partial charge is 0.493 e. The number of rotatable bonds is 2. The molecule has 2 saturated heterocycles. The normalized spacial score (nSPS) is 24.4. The van der Waals surface area contributed by atoms with Crippen LogP contribution in [0.5, 0.6) is 5.75 Å². The predicted molar refractivity (Wildman–Crippen MR) is 82.4 cm³/mol. The number of ether oxygens (including phenoxy) is 1. The highest BCUT2D eigenvalue weighted by Crippen LogP contribution is 2.33. The molecule has 3 rings (SSSR count). The van der Waals surface area contributed by atoms with Crippen LogP contribution in [-0.4, -0.2) is 38.3 Å². The molecular formula is C12H18Cl3N3O. The summed E-state index contributed by atoms with van der Waals surface area (Å²) in [6.07, 6.45) is 1.83. The standard InChI is InChI=1S/C12H16ClN3O.2ClH/c1-17-11-2-10(5-15-12(11)13)16-6-8-3-14-4-9(8)7-16;;/h2,5,8-9,14H,3-4,6-7H2,1H3;2*1H/t8-,9+;;. The quantitative estimate of drug-likeness (QED) is 0.846. The van der Waals surface area contributed by atoms with Crippen molar-refractivity contribution < 1.29 is 4.74 Å². The van der Waals surface area contributed by atoms with Crippen molar-refractivity contribution in [3.8, 4) is 5.75 Å². The molecule has 0 spiro atoms. The van der Waals surface area contributed by atoms with E-state index in [4.69, 9.17) is 16.3 Å². The van der Waals surface area contributed by atoms with Gasteiger partial charge in [0.1, 0.15) is 0 Å². The summed E-state index contributed by atoms with van der Waals surface area (Å²) in [4.78, 5) is 6.55. The molecule has 7 heteroatoms. The Morgan fingerprint density at radius 2 is 1.95 bits per heavy atom. The van der Waals surface area contributed by atoms with E-state index in [0.29, 0.717) is 10.9 Å². The highest BCUT2D eigenvalue weighted by atomic mass is 35.5. The van der Waals surface area contributed by atoms with Crippen LogP contribution >= 0.6 is 36.4 Å². The summed E-state index contributed by atoms with van der Waals surface area (Å²) < 4.78 is 5.21. The zero-order valence-electron chi connectivity index (χ0n) is 10.6. The Morgan fingerprint density at radius 1 is 1.32 bits per heavy atom. The molecule has 0 amide bonds. The van der Waals surface area contributed by atoms with Crippen molar-refractivity contribution in [3.63, 3.8) is 0 Å². The number of nitrogens with zero attached hydrogens (tertiary/aromatic N) is 2. The van der Waals surface area contributed by atoms with Gasteiger partial charge in [0.25, 0.3) is 0 Å². The van der Waals surface area contributed by atoms with Crippen LogP contribution in [0.4, 0.5) is 5.69 Å². The van der Waals surface area contributed by atoms with Gasteiger partial charge in [0.2, 0.25) is 0 Å². The molecule has 2 atom stereocenters. The first-order valence-corrected chi connectivity index (χ1v) is 6.31. The lowest BCUT2D eigenvalue weighted by atomic mass is 10.0. The lowest BCUT2D eigenvalue weighted by Gasteiger charge is -2.20. The third kappa shape index (κ3) is 3.19. The van der Waals surface area contributed by atoms with Gasteiger partial charge in [0, 0.05) is 32.2 Å². The zero-order chi connectivity index (χ0) is 11.8. The summed E-state index contributed by atoms with van der Waals surface area (Å²) in [5.74, 6) is 2.20. The molecule has 1 aromatic heterocycles. The number of nitrogens with one attached hydrogen (secondary N) is 1. The van der Waals surface area contributed by atoms with E-state index in [1.807, 2.05) is 12.3 Å². The monoisotopic (exact) mass is 325 g/mol. The topological polar surface area (TPSA) is 37.4 Å². The summed E-state index contributed by atoms with van der Waals surface area (Å²) in [5.41, 5.74) is 1.11. The van der Waals surface area contributed by atoms with Crippen LogP contribution in [0, 0.1) is 11.8 Å². The van der Waals surface area contributed by atoms with Crippen molar-refractivity contribution in [1.29, 1.82) is 0 Å². The van der Waals surface area contributed by atoms with Crippen molar-refractivity contribution in [2.75, 3.05) is 38.2 Å². The van der Waals surface area contributed by atoms with Crippen LogP contribution in [0.15, 0.2) is 12.3 Å². The Kier molecular flexibility index (Phi) is 5.99. The first-order chi connectivity index (χ1) is 8.28. The van der Waals surface area contributed by atoms with E-state index in [1.54, 1.807) is 7.11 Å². The van der Waals surface area contributed by atoms with Crippen LogP contribution in [0.2, 0.25) is 5.15 Å². The van der Waals surface area contributed by atoms with E-state index in [-0.39, 0.29) is 24.8 Å². The highest BCUT2D eigenvalue weighted by molar-refractivity contribution is 6.30. The summed E-state index contributed by atoms with van der Waals surface area (Å²) in [6.45, 7) is 4.48. The Hall–Kier alpha value is -0.420. The van der Waals surface area contributed by atoms with Gasteiger partial charge in [-0.05, 0) is 11.8 Å². The molecule has 2 aliphatic rings. The van der Waals surface area contributed by atoms with Crippen molar-refractivity contribution in [1.82, 2.24) is 10.3 Å². The van der Waals surface area contributed by atoms with Crippen molar-refractivity contribution in [3.05, 3.63) is 17.4 Å². The van der Waals surface area contributed by atoms with Crippen LogP contribution in [0.25, 0.3) is 0 Å². The highest BCUT2D eigenvalue weighted by Gasteiger charge is 2.36. The van der Waals surface area contributed by atoms with Gasteiger partial charge in [0.05, 0.1) is 19.0 Å². The maximum atomic E-state index is 5.93. The minimum atomic E-state index is 0. The average Bonchev–Trinajstić information content (AvgIpc) is 2.90. The molecule has 19 heavy (non-hydrogen) atoms. The molecule has 0 aromatic carbocycles. The molecule has 1 N–H and O–H groups in total.